The number of rotatable bonds is 1. The van der Waals surface area contributed by atoms with Gasteiger partial charge in [-0.25, -0.2) is 9.37 Å². The number of aromatic nitrogens is 2. The van der Waals surface area contributed by atoms with E-state index in [0.29, 0.717) is 5.65 Å². The first-order chi connectivity index (χ1) is 9.56. The molecule has 4 heteroatoms. The number of H-pyrrole nitrogens is 1. The highest BCUT2D eigenvalue weighted by Gasteiger charge is 2.11. The number of aryl methyl sites for hydroxylation is 2. The Kier molecular flexibility index (Phi) is 2.86. The number of halogens is 1. The third-order valence-corrected chi connectivity index (χ3v) is 3.40. The minimum atomic E-state index is -0.240. The molecule has 1 N–H and O–H groups in total. The summed E-state index contributed by atoms with van der Waals surface area (Å²) < 4.78 is 13.4. The van der Waals surface area contributed by atoms with E-state index >= 15 is 0 Å². The molecule has 0 unspecified atom stereocenters. The van der Waals surface area contributed by atoms with Crippen molar-refractivity contribution >= 4 is 11.0 Å². The number of benzene rings is 1. The van der Waals surface area contributed by atoms with E-state index < -0.39 is 0 Å². The molecule has 0 aliphatic rings. The van der Waals surface area contributed by atoms with Crippen molar-refractivity contribution in [3.05, 3.63) is 63.8 Å². The largest absolute Gasteiger partial charge is 0.307 e. The van der Waals surface area contributed by atoms with E-state index in [1.54, 1.807) is 12.3 Å². The van der Waals surface area contributed by atoms with Gasteiger partial charge in [0.15, 0.2) is 0 Å². The van der Waals surface area contributed by atoms with Crippen LogP contribution < -0.4 is 5.56 Å². The average Bonchev–Trinajstić information content (AvgIpc) is 2.37. The summed E-state index contributed by atoms with van der Waals surface area (Å²) in [7, 11) is 0. The van der Waals surface area contributed by atoms with E-state index in [4.69, 9.17) is 0 Å². The van der Waals surface area contributed by atoms with Crippen molar-refractivity contribution in [3.8, 4) is 11.1 Å². The quantitative estimate of drug-likeness (QED) is 0.735. The topological polar surface area (TPSA) is 45.8 Å². The molecule has 0 saturated heterocycles. The number of hydrogen-bond donors (Lipinski definition) is 1. The summed E-state index contributed by atoms with van der Waals surface area (Å²) in [5, 5.41) is 0.852. The molecule has 0 amide bonds. The van der Waals surface area contributed by atoms with Gasteiger partial charge in [-0.15, -0.1) is 0 Å². The molecule has 0 atom stereocenters. The van der Waals surface area contributed by atoms with Crippen LogP contribution in [0.15, 0.2) is 41.3 Å². The Bertz CT molecular complexity index is 845. The Morgan fingerprint density at radius 1 is 1.10 bits per heavy atom. The number of aromatic amines is 1. The molecule has 3 nitrogen and oxygen atoms in total. The molecule has 2 aromatic heterocycles. The van der Waals surface area contributed by atoms with Crippen LogP contribution in [0.1, 0.15) is 11.1 Å². The molecule has 0 spiro atoms. The number of hydrogen-bond acceptors (Lipinski definition) is 2. The zero-order valence-electron chi connectivity index (χ0n) is 11.2. The first-order valence-corrected chi connectivity index (χ1v) is 6.31. The summed E-state index contributed by atoms with van der Waals surface area (Å²) >= 11 is 0. The minimum Gasteiger partial charge on any atom is -0.307 e. The fourth-order valence-corrected chi connectivity index (χ4v) is 2.61. The molecule has 0 fully saturated rings. The van der Waals surface area contributed by atoms with Crippen LogP contribution in [-0.4, -0.2) is 9.97 Å². The van der Waals surface area contributed by atoms with Crippen LogP contribution in [-0.2, 0) is 0 Å². The van der Waals surface area contributed by atoms with Gasteiger partial charge in [0.2, 0.25) is 5.56 Å². The first-order valence-electron chi connectivity index (χ1n) is 6.31. The second-order valence-electron chi connectivity index (χ2n) is 4.86. The normalized spacial score (nSPS) is 10.9. The van der Waals surface area contributed by atoms with Gasteiger partial charge in [0, 0.05) is 17.6 Å². The smallest absolute Gasteiger partial charge is 0.249 e. The molecule has 100 valence electrons. The van der Waals surface area contributed by atoms with Crippen LogP contribution in [0.5, 0.6) is 0 Å². The Balaban J connectivity index is 2.39. The third kappa shape index (κ3) is 1.99. The van der Waals surface area contributed by atoms with E-state index in [-0.39, 0.29) is 11.4 Å². The predicted molar refractivity (Wildman–Crippen MR) is 77.2 cm³/mol. The Morgan fingerprint density at radius 2 is 1.80 bits per heavy atom. The van der Waals surface area contributed by atoms with Gasteiger partial charge >= 0.3 is 0 Å². The van der Waals surface area contributed by atoms with Crippen LogP contribution in [0.4, 0.5) is 4.39 Å². The molecular formula is C16H13FN2O. The van der Waals surface area contributed by atoms with Crippen molar-refractivity contribution in [2.24, 2.45) is 0 Å². The maximum Gasteiger partial charge on any atom is 0.249 e. The van der Waals surface area contributed by atoms with E-state index in [1.165, 1.54) is 18.2 Å². The fourth-order valence-electron chi connectivity index (χ4n) is 2.61. The molecule has 20 heavy (non-hydrogen) atoms. The highest BCUT2D eigenvalue weighted by molar-refractivity contribution is 5.94. The monoisotopic (exact) mass is 268 g/mol. The van der Waals surface area contributed by atoms with Crippen molar-refractivity contribution < 1.29 is 4.39 Å². The van der Waals surface area contributed by atoms with Crippen LogP contribution in [0.25, 0.3) is 22.2 Å². The summed E-state index contributed by atoms with van der Waals surface area (Å²) in [6, 6.07) is 8.13. The Morgan fingerprint density at radius 3 is 2.50 bits per heavy atom. The zero-order valence-corrected chi connectivity index (χ0v) is 11.2. The second kappa shape index (κ2) is 4.56. The first kappa shape index (κ1) is 12.5. The molecule has 0 aliphatic carbocycles. The summed E-state index contributed by atoms with van der Waals surface area (Å²) in [6.45, 7) is 3.76. The van der Waals surface area contributed by atoms with Gasteiger partial charge in [0.25, 0.3) is 0 Å². The minimum absolute atomic E-state index is 0.185. The van der Waals surface area contributed by atoms with Crippen LogP contribution in [0.3, 0.4) is 0 Å². The fraction of sp³-hybridized carbons (Fsp3) is 0.125. The van der Waals surface area contributed by atoms with Crippen molar-refractivity contribution in [1.29, 1.82) is 0 Å². The molecule has 2 heterocycles. The van der Waals surface area contributed by atoms with Gasteiger partial charge in [-0.3, -0.25) is 4.79 Å². The summed E-state index contributed by atoms with van der Waals surface area (Å²) in [6.07, 6.45) is 1.65. The van der Waals surface area contributed by atoms with Gasteiger partial charge < -0.3 is 4.98 Å². The summed E-state index contributed by atoms with van der Waals surface area (Å²) in [5.74, 6) is -0.240. The van der Waals surface area contributed by atoms with E-state index in [1.807, 2.05) is 19.9 Å². The van der Waals surface area contributed by atoms with E-state index in [9.17, 15) is 9.18 Å². The van der Waals surface area contributed by atoms with Crippen molar-refractivity contribution in [3.63, 3.8) is 0 Å². The maximum absolute atomic E-state index is 13.4. The standard InChI is InChI=1S/C16H13FN2O/c1-9-7-11(17)8-10(2)15(9)12-5-6-18-16-13(12)3-4-14(20)19-16/h3-8H,1-2H3,(H,18,19,20). The molecule has 3 rings (SSSR count). The third-order valence-electron chi connectivity index (χ3n) is 3.40. The lowest BCUT2D eigenvalue weighted by atomic mass is 9.94. The van der Waals surface area contributed by atoms with Gasteiger partial charge in [0.1, 0.15) is 11.5 Å². The average molecular weight is 268 g/mol. The van der Waals surface area contributed by atoms with E-state index in [2.05, 4.69) is 9.97 Å². The van der Waals surface area contributed by atoms with Gasteiger partial charge in [-0.05, 0) is 60.4 Å². The van der Waals surface area contributed by atoms with Crippen molar-refractivity contribution in [1.82, 2.24) is 9.97 Å². The number of pyridine rings is 2. The predicted octanol–water partition coefficient (Wildman–Crippen LogP) is 3.35. The van der Waals surface area contributed by atoms with Crippen molar-refractivity contribution in [2.45, 2.75) is 13.8 Å². The molecule has 0 bridgehead atoms. The van der Waals surface area contributed by atoms with Crippen LogP contribution in [0.2, 0.25) is 0 Å². The zero-order chi connectivity index (χ0) is 14.3. The lowest BCUT2D eigenvalue weighted by Crippen LogP contribution is -2.04. The highest BCUT2D eigenvalue weighted by atomic mass is 19.1. The molecular weight excluding hydrogens is 255 g/mol. The van der Waals surface area contributed by atoms with E-state index in [0.717, 1.165) is 27.6 Å². The SMILES string of the molecule is Cc1cc(F)cc(C)c1-c1ccnc2[nH]c(=O)ccc12. The highest BCUT2D eigenvalue weighted by Crippen LogP contribution is 2.32. The second-order valence-corrected chi connectivity index (χ2v) is 4.86. The molecule has 1 aromatic carbocycles. The van der Waals surface area contributed by atoms with Crippen LogP contribution in [0, 0.1) is 19.7 Å². The van der Waals surface area contributed by atoms with Gasteiger partial charge in [0.05, 0.1) is 0 Å². The lowest BCUT2D eigenvalue weighted by Gasteiger charge is -2.12. The van der Waals surface area contributed by atoms with Gasteiger partial charge in [-0.1, -0.05) is 0 Å². The maximum atomic E-state index is 13.4. The van der Waals surface area contributed by atoms with Crippen LogP contribution >= 0.6 is 0 Å². The number of fused-ring (bicyclic) bond motifs is 1. The summed E-state index contributed by atoms with van der Waals surface area (Å²) in [5.41, 5.74) is 4.00. The molecule has 3 aromatic rings. The number of nitrogens with zero attached hydrogens (tertiary/aromatic N) is 1. The number of nitrogens with one attached hydrogen (secondary N) is 1. The van der Waals surface area contributed by atoms with Gasteiger partial charge in [-0.2, -0.15) is 0 Å². The van der Waals surface area contributed by atoms with Crippen molar-refractivity contribution in [2.75, 3.05) is 0 Å². The molecule has 0 radical (unpaired) electrons. The molecule has 0 aliphatic heterocycles. The Labute approximate surface area is 115 Å². The Hall–Kier alpha value is -2.49. The molecule has 0 saturated carbocycles. The lowest BCUT2D eigenvalue weighted by molar-refractivity contribution is 0.625. The summed E-state index contributed by atoms with van der Waals surface area (Å²) in [4.78, 5) is 18.2.